The maximum absolute atomic E-state index is 11.9. The Kier molecular flexibility index (Phi) is 6.22. The molecule has 1 aromatic heterocycles. The topological polar surface area (TPSA) is 49.3 Å². The van der Waals surface area contributed by atoms with E-state index in [9.17, 15) is 4.79 Å². The third kappa shape index (κ3) is 4.48. The number of carbonyl (C=O) groups is 1. The number of aryl methyl sites for hydroxylation is 1. The largest absolute Gasteiger partial charge is 0.396 e. The number of hydrogen-bond acceptors (Lipinski definition) is 3. The van der Waals surface area contributed by atoms with Gasteiger partial charge in [-0.3, -0.25) is 4.79 Å². The molecule has 0 aliphatic rings. The van der Waals surface area contributed by atoms with Crippen molar-refractivity contribution >= 4 is 17.2 Å². The molecule has 0 fully saturated rings. The van der Waals surface area contributed by atoms with E-state index in [4.69, 9.17) is 5.11 Å². The van der Waals surface area contributed by atoms with Crippen LogP contribution in [0, 0.1) is 12.8 Å². The average Bonchev–Trinajstić information content (AvgIpc) is 2.72. The van der Waals surface area contributed by atoms with Gasteiger partial charge in [0.25, 0.3) is 5.91 Å². The van der Waals surface area contributed by atoms with Gasteiger partial charge in [0.15, 0.2) is 0 Å². The van der Waals surface area contributed by atoms with Crippen molar-refractivity contribution in [2.24, 2.45) is 5.92 Å². The van der Waals surface area contributed by atoms with Crippen molar-refractivity contribution in [3.8, 4) is 0 Å². The lowest BCUT2D eigenvalue weighted by Gasteiger charge is -2.15. The fourth-order valence-corrected chi connectivity index (χ4v) is 2.69. The van der Waals surface area contributed by atoms with E-state index in [1.807, 2.05) is 17.7 Å². The number of rotatable bonds is 7. The first-order valence-corrected chi connectivity index (χ1v) is 7.05. The maximum Gasteiger partial charge on any atom is 0.252 e. The Morgan fingerprint density at radius 2 is 2.24 bits per heavy atom. The molecule has 0 aromatic carbocycles. The number of aliphatic hydroxyl groups excluding tert-OH is 1. The molecule has 0 saturated heterocycles. The summed E-state index contributed by atoms with van der Waals surface area (Å²) >= 11 is 1.55. The average molecular weight is 255 g/mol. The molecule has 0 spiro atoms. The van der Waals surface area contributed by atoms with Gasteiger partial charge in [-0.2, -0.15) is 11.3 Å². The van der Waals surface area contributed by atoms with Gasteiger partial charge in [0, 0.05) is 18.5 Å². The molecule has 1 unspecified atom stereocenters. The zero-order chi connectivity index (χ0) is 12.7. The highest BCUT2D eigenvalue weighted by Gasteiger charge is 2.12. The third-order valence-electron chi connectivity index (χ3n) is 2.89. The Bertz CT molecular complexity index is 343. The van der Waals surface area contributed by atoms with Gasteiger partial charge < -0.3 is 10.4 Å². The summed E-state index contributed by atoms with van der Waals surface area (Å²) in [7, 11) is 0. The molecule has 1 heterocycles. The normalized spacial score (nSPS) is 12.4. The summed E-state index contributed by atoms with van der Waals surface area (Å²) in [5.41, 5.74) is 1.80. The van der Waals surface area contributed by atoms with E-state index in [1.54, 1.807) is 11.3 Å². The van der Waals surface area contributed by atoms with Crippen LogP contribution in [0.4, 0.5) is 0 Å². The SMILES string of the molecule is CCCC(CCO)CNC(=O)c1cscc1C. The van der Waals surface area contributed by atoms with Crippen LogP contribution in [0.1, 0.15) is 42.1 Å². The number of carbonyl (C=O) groups excluding carboxylic acids is 1. The molecule has 0 saturated carbocycles. The first-order chi connectivity index (χ1) is 8.19. The van der Waals surface area contributed by atoms with E-state index in [-0.39, 0.29) is 12.5 Å². The number of amides is 1. The summed E-state index contributed by atoms with van der Waals surface area (Å²) in [5.74, 6) is 0.385. The fourth-order valence-electron chi connectivity index (χ4n) is 1.86. The summed E-state index contributed by atoms with van der Waals surface area (Å²) in [6.45, 7) is 4.92. The molecule has 1 atom stereocenters. The van der Waals surface area contributed by atoms with Crippen molar-refractivity contribution in [1.29, 1.82) is 0 Å². The second-order valence-corrected chi connectivity index (χ2v) is 5.09. The summed E-state index contributed by atoms with van der Waals surface area (Å²) in [4.78, 5) is 11.9. The summed E-state index contributed by atoms with van der Waals surface area (Å²) in [6.07, 6.45) is 2.89. The molecule has 1 amide bonds. The van der Waals surface area contributed by atoms with Crippen molar-refractivity contribution in [2.45, 2.75) is 33.1 Å². The summed E-state index contributed by atoms with van der Waals surface area (Å²) in [6, 6.07) is 0. The standard InChI is InChI=1S/C13H21NO2S/c1-3-4-11(5-6-15)7-14-13(16)12-9-17-8-10(12)2/h8-9,11,15H,3-7H2,1-2H3,(H,14,16). The van der Waals surface area contributed by atoms with Crippen molar-refractivity contribution in [1.82, 2.24) is 5.32 Å². The van der Waals surface area contributed by atoms with Gasteiger partial charge in [-0.25, -0.2) is 0 Å². The van der Waals surface area contributed by atoms with E-state index in [0.717, 1.165) is 30.4 Å². The zero-order valence-corrected chi connectivity index (χ0v) is 11.3. The lowest BCUT2D eigenvalue weighted by atomic mass is 10.00. The molecule has 1 rings (SSSR count). The van der Waals surface area contributed by atoms with Crippen LogP contribution in [0.2, 0.25) is 0 Å². The van der Waals surface area contributed by atoms with Crippen LogP contribution < -0.4 is 5.32 Å². The zero-order valence-electron chi connectivity index (χ0n) is 10.5. The van der Waals surface area contributed by atoms with Gasteiger partial charge in [-0.15, -0.1) is 0 Å². The molecule has 96 valence electrons. The second-order valence-electron chi connectivity index (χ2n) is 4.35. The minimum absolute atomic E-state index is 0.00259. The number of nitrogens with one attached hydrogen (secondary N) is 1. The molecule has 0 bridgehead atoms. The van der Waals surface area contributed by atoms with Gasteiger partial charge >= 0.3 is 0 Å². The quantitative estimate of drug-likeness (QED) is 0.786. The number of thiophene rings is 1. The fraction of sp³-hybridized carbons (Fsp3) is 0.615. The van der Waals surface area contributed by atoms with Gasteiger partial charge in [-0.05, 0) is 36.6 Å². The monoisotopic (exact) mass is 255 g/mol. The molecule has 0 aliphatic carbocycles. The van der Waals surface area contributed by atoms with E-state index < -0.39 is 0 Å². The summed E-state index contributed by atoms with van der Waals surface area (Å²) in [5, 5.41) is 15.8. The van der Waals surface area contributed by atoms with Crippen LogP contribution >= 0.6 is 11.3 Å². The first-order valence-electron chi connectivity index (χ1n) is 6.10. The van der Waals surface area contributed by atoms with Gasteiger partial charge in [0.2, 0.25) is 0 Å². The van der Waals surface area contributed by atoms with Gasteiger partial charge in [0.1, 0.15) is 0 Å². The Morgan fingerprint density at radius 3 is 2.76 bits per heavy atom. The molecule has 0 radical (unpaired) electrons. The van der Waals surface area contributed by atoms with Crippen LogP contribution in [-0.2, 0) is 0 Å². The van der Waals surface area contributed by atoms with E-state index in [0.29, 0.717) is 12.5 Å². The minimum Gasteiger partial charge on any atom is -0.396 e. The van der Waals surface area contributed by atoms with Crippen molar-refractivity contribution in [2.75, 3.05) is 13.2 Å². The van der Waals surface area contributed by atoms with Crippen molar-refractivity contribution in [3.63, 3.8) is 0 Å². The van der Waals surface area contributed by atoms with E-state index in [2.05, 4.69) is 12.2 Å². The molecule has 17 heavy (non-hydrogen) atoms. The molecule has 1 aromatic rings. The van der Waals surface area contributed by atoms with Crippen LogP contribution in [0.3, 0.4) is 0 Å². The lowest BCUT2D eigenvalue weighted by molar-refractivity contribution is 0.0943. The predicted molar refractivity (Wildman–Crippen MR) is 71.5 cm³/mol. The second kappa shape index (κ2) is 7.45. The van der Waals surface area contributed by atoms with Crippen LogP contribution in [0.15, 0.2) is 10.8 Å². The highest BCUT2D eigenvalue weighted by molar-refractivity contribution is 7.08. The van der Waals surface area contributed by atoms with E-state index in [1.165, 1.54) is 0 Å². The molecular weight excluding hydrogens is 234 g/mol. The van der Waals surface area contributed by atoms with E-state index >= 15 is 0 Å². The highest BCUT2D eigenvalue weighted by atomic mass is 32.1. The Balaban J connectivity index is 2.43. The molecule has 2 N–H and O–H groups in total. The molecule has 4 heteroatoms. The Morgan fingerprint density at radius 1 is 1.47 bits per heavy atom. The number of hydrogen-bond donors (Lipinski definition) is 2. The Hall–Kier alpha value is -0.870. The van der Waals surface area contributed by atoms with Crippen molar-refractivity contribution < 1.29 is 9.90 Å². The Labute approximate surface area is 107 Å². The van der Waals surface area contributed by atoms with Gasteiger partial charge in [-0.1, -0.05) is 13.3 Å². The highest BCUT2D eigenvalue weighted by Crippen LogP contribution is 2.14. The summed E-state index contributed by atoms with van der Waals surface area (Å²) < 4.78 is 0. The smallest absolute Gasteiger partial charge is 0.252 e. The maximum atomic E-state index is 11.9. The molecular formula is C13H21NO2S. The van der Waals surface area contributed by atoms with Gasteiger partial charge in [0.05, 0.1) is 5.56 Å². The van der Waals surface area contributed by atoms with Crippen LogP contribution in [-0.4, -0.2) is 24.2 Å². The predicted octanol–water partition coefficient (Wildman–Crippen LogP) is 2.59. The lowest BCUT2D eigenvalue weighted by Crippen LogP contribution is -2.29. The number of aliphatic hydroxyl groups is 1. The third-order valence-corrected chi connectivity index (χ3v) is 3.75. The van der Waals surface area contributed by atoms with Crippen LogP contribution in [0.5, 0.6) is 0 Å². The first kappa shape index (κ1) is 14.2. The molecule has 0 aliphatic heterocycles. The van der Waals surface area contributed by atoms with Crippen LogP contribution in [0.25, 0.3) is 0 Å². The van der Waals surface area contributed by atoms with Crippen molar-refractivity contribution in [3.05, 3.63) is 21.9 Å². The minimum atomic E-state index is 0.00259. The molecule has 3 nitrogen and oxygen atoms in total.